The summed E-state index contributed by atoms with van der Waals surface area (Å²) in [6.07, 6.45) is 0.415. The third-order valence-electron chi connectivity index (χ3n) is 5.72. The molecule has 0 atom stereocenters. The van der Waals surface area contributed by atoms with Gasteiger partial charge in [0.25, 0.3) is 16.0 Å². The number of hydrogen-bond donors (Lipinski definition) is 3. The fourth-order valence-corrected chi connectivity index (χ4v) is 5.40. The molecule has 0 spiro atoms. The van der Waals surface area contributed by atoms with E-state index in [0.717, 1.165) is 0 Å². The highest BCUT2D eigenvalue weighted by atomic mass is 35.5. The minimum atomic E-state index is -4.75. The molecule has 0 unspecified atom stereocenters. The Labute approximate surface area is 228 Å². The van der Waals surface area contributed by atoms with Crippen molar-refractivity contribution < 1.29 is 27.6 Å². The Bertz CT molecular complexity index is 1710. The Morgan fingerprint density at radius 3 is 2.45 bits per heavy atom. The standard InChI is InChI=1S/C26H21Cl2N3O6S/c1-3-14-11-12-19(25(21(14)27)38(34,35)36)30-31-23-16-8-5-4-7-15(16)13-17(24(23)32)26(33)29-18-9-6-10-20(37-2)22(18)28/h4-13,32H,3H2,1-2H3,(H,29,33)(H,34,35,36). The summed E-state index contributed by atoms with van der Waals surface area (Å²) in [5.74, 6) is -0.841. The number of methoxy groups -OCH3 is 1. The number of amides is 1. The lowest BCUT2D eigenvalue weighted by atomic mass is 10.0. The number of aromatic hydroxyl groups is 1. The Morgan fingerprint density at radius 1 is 1.03 bits per heavy atom. The van der Waals surface area contributed by atoms with Crippen molar-refractivity contribution in [2.75, 3.05) is 12.4 Å². The molecule has 9 nitrogen and oxygen atoms in total. The minimum Gasteiger partial charge on any atom is -0.505 e. The topological polar surface area (TPSA) is 138 Å². The van der Waals surface area contributed by atoms with Gasteiger partial charge in [-0.25, -0.2) is 0 Å². The molecule has 1 amide bonds. The zero-order valence-corrected chi connectivity index (χ0v) is 22.4. The molecule has 0 heterocycles. The lowest BCUT2D eigenvalue weighted by Gasteiger charge is -2.13. The maximum absolute atomic E-state index is 13.2. The maximum atomic E-state index is 13.2. The summed E-state index contributed by atoms with van der Waals surface area (Å²) in [5.41, 5.74) is 0.278. The lowest BCUT2D eigenvalue weighted by molar-refractivity contribution is 0.102. The summed E-state index contributed by atoms with van der Waals surface area (Å²) in [6.45, 7) is 1.77. The van der Waals surface area contributed by atoms with Gasteiger partial charge in [0, 0.05) is 5.39 Å². The largest absolute Gasteiger partial charge is 0.505 e. The van der Waals surface area contributed by atoms with Crippen molar-refractivity contribution in [2.24, 2.45) is 10.2 Å². The number of carbonyl (C=O) groups is 1. The van der Waals surface area contributed by atoms with E-state index in [2.05, 4.69) is 15.5 Å². The smallest absolute Gasteiger partial charge is 0.298 e. The van der Waals surface area contributed by atoms with E-state index in [9.17, 15) is 22.9 Å². The van der Waals surface area contributed by atoms with Crippen LogP contribution in [0.5, 0.6) is 11.5 Å². The van der Waals surface area contributed by atoms with E-state index >= 15 is 0 Å². The van der Waals surface area contributed by atoms with Crippen LogP contribution < -0.4 is 10.1 Å². The number of fused-ring (bicyclic) bond motifs is 1. The summed E-state index contributed by atoms with van der Waals surface area (Å²) in [4.78, 5) is 12.6. The number of ether oxygens (including phenoxy) is 1. The van der Waals surface area contributed by atoms with Crippen molar-refractivity contribution >= 4 is 67.1 Å². The fourth-order valence-electron chi connectivity index (χ4n) is 3.83. The number of azo groups is 1. The molecule has 38 heavy (non-hydrogen) atoms. The molecule has 0 bridgehead atoms. The number of hydrogen-bond acceptors (Lipinski definition) is 7. The molecule has 4 rings (SSSR count). The van der Waals surface area contributed by atoms with E-state index < -0.39 is 26.7 Å². The zero-order chi connectivity index (χ0) is 27.6. The quantitative estimate of drug-likeness (QED) is 0.156. The lowest BCUT2D eigenvalue weighted by Crippen LogP contribution is -2.12. The molecular formula is C26H21Cl2N3O6S. The molecule has 0 fully saturated rings. The highest BCUT2D eigenvalue weighted by molar-refractivity contribution is 7.86. The number of phenols is 1. The molecule has 0 aliphatic carbocycles. The van der Waals surface area contributed by atoms with E-state index in [-0.39, 0.29) is 32.7 Å². The molecule has 0 aliphatic rings. The number of rotatable bonds is 7. The predicted molar refractivity (Wildman–Crippen MR) is 146 cm³/mol. The summed E-state index contributed by atoms with van der Waals surface area (Å²) >= 11 is 12.5. The van der Waals surface area contributed by atoms with Crippen molar-refractivity contribution in [3.63, 3.8) is 0 Å². The van der Waals surface area contributed by atoms with Crippen molar-refractivity contribution in [3.8, 4) is 11.5 Å². The Morgan fingerprint density at radius 2 is 1.76 bits per heavy atom. The molecule has 4 aromatic rings. The first-order valence-electron chi connectivity index (χ1n) is 11.2. The molecule has 0 aromatic heterocycles. The zero-order valence-electron chi connectivity index (χ0n) is 20.1. The third kappa shape index (κ3) is 5.30. The molecule has 0 saturated carbocycles. The monoisotopic (exact) mass is 573 g/mol. The number of carbonyl (C=O) groups excluding carboxylic acids is 1. The second-order valence-corrected chi connectivity index (χ2v) is 10.1. The van der Waals surface area contributed by atoms with Crippen LogP contribution in [0.3, 0.4) is 0 Å². The summed E-state index contributed by atoms with van der Waals surface area (Å²) in [7, 11) is -3.31. The van der Waals surface area contributed by atoms with E-state index in [1.807, 2.05) is 0 Å². The highest BCUT2D eigenvalue weighted by Crippen LogP contribution is 2.42. The van der Waals surface area contributed by atoms with Gasteiger partial charge >= 0.3 is 0 Å². The van der Waals surface area contributed by atoms with Crippen LogP contribution in [0.4, 0.5) is 17.1 Å². The first-order chi connectivity index (χ1) is 18.1. The predicted octanol–water partition coefficient (Wildman–Crippen LogP) is 7.34. The van der Waals surface area contributed by atoms with Crippen LogP contribution in [-0.4, -0.2) is 31.1 Å². The van der Waals surface area contributed by atoms with Crippen LogP contribution in [0.15, 0.2) is 75.8 Å². The summed E-state index contributed by atoms with van der Waals surface area (Å²) in [5, 5.41) is 22.8. The maximum Gasteiger partial charge on any atom is 0.298 e. The van der Waals surface area contributed by atoms with Gasteiger partial charge in [-0.05, 0) is 41.6 Å². The average molecular weight is 574 g/mol. The molecule has 0 saturated heterocycles. The van der Waals surface area contributed by atoms with E-state index in [1.165, 1.54) is 19.2 Å². The van der Waals surface area contributed by atoms with Crippen LogP contribution in [0.1, 0.15) is 22.8 Å². The molecule has 3 N–H and O–H groups in total. The van der Waals surface area contributed by atoms with Gasteiger partial charge in [0.15, 0.2) is 5.75 Å². The van der Waals surface area contributed by atoms with Gasteiger partial charge in [-0.15, -0.1) is 10.2 Å². The van der Waals surface area contributed by atoms with Gasteiger partial charge in [-0.2, -0.15) is 8.42 Å². The molecule has 12 heteroatoms. The highest BCUT2D eigenvalue weighted by Gasteiger charge is 2.23. The Kier molecular flexibility index (Phi) is 7.89. The van der Waals surface area contributed by atoms with Crippen molar-refractivity contribution in [1.82, 2.24) is 0 Å². The van der Waals surface area contributed by atoms with E-state index in [1.54, 1.807) is 55.5 Å². The van der Waals surface area contributed by atoms with Crippen LogP contribution in [0.25, 0.3) is 10.8 Å². The molecule has 0 aliphatic heterocycles. The van der Waals surface area contributed by atoms with Gasteiger partial charge in [0.1, 0.15) is 27.0 Å². The number of nitrogens with one attached hydrogen (secondary N) is 1. The first-order valence-corrected chi connectivity index (χ1v) is 13.4. The normalized spacial score (nSPS) is 11.7. The van der Waals surface area contributed by atoms with Crippen LogP contribution in [0, 0.1) is 0 Å². The van der Waals surface area contributed by atoms with Crippen LogP contribution in [-0.2, 0) is 16.5 Å². The SMILES string of the molecule is CCc1ccc(N=Nc2c(O)c(C(=O)Nc3cccc(OC)c3Cl)cc3ccccc23)c(S(=O)(=O)O)c1Cl. The number of aryl methyl sites for hydroxylation is 1. The second-order valence-electron chi connectivity index (χ2n) is 8.03. The van der Waals surface area contributed by atoms with Crippen LogP contribution >= 0.6 is 23.2 Å². The average Bonchev–Trinajstić information content (AvgIpc) is 2.88. The number of phenolic OH excluding ortho intramolecular Hbond substituents is 1. The van der Waals surface area contributed by atoms with Gasteiger partial charge < -0.3 is 15.2 Å². The Hall–Kier alpha value is -3.70. The van der Waals surface area contributed by atoms with Gasteiger partial charge in [-0.1, -0.05) is 66.5 Å². The third-order valence-corrected chi connectivity index (χ3v) is 7.59. The van der Waals surface area contributed by atoms with Crippen molar-refractivity contribution in [1.29, 1.82) is 0 Å². The minimum absolute atomic E-state index is 0.0954. The fraction of sp³-hybridized carbons (Fsp3) is 0.115. The number of anilines is 1. The van der Waals surface area contributed by atoms with E-state index in [4.69, 9.17) is 27.9 Å². The molecule has 196 valence electrons. The molecule has 4 aromatic carbocycles. The van der Waals surface area contributed by atoms with Crippen molar-refractivity contribution in [3.05, 3.63) is 81.8 Å². The summed E-state index contributed by atoms with van der Waals surface area (Å²) < 4.78 is 39.1. The van der Waals surface area contributed by atoms with Crippen molar-refractivity contribution in [2.45, 2.75) is 18.2 Å². The van der Waals surface area contributed by atoms with Gasteiger partial charge in [-0.3, -0.25) is 9.35 Å². The van der Waals surface area contributed by atoms with Gasteiger partial charge in [0.2, 0.25) is 0 Å². The van der Waals surface area contributed by atoms with Crippen LogP contribution in [0.2, 0.25) is 10.0 Å². The summed E-state index contributed by atoms with van der Waals surface area (Å²) in [6, 6.07) is 16.0. The number of halogens is 2. The Balaban J connectivity index is 1.84. The first kappa shape index (κ1) is 27.3. The number of nitrogens with zero attached hydrogens (tertiary/aromatic N) is 2. The van der Waals surface area contributed by atoms with Gasteiger partial charge in [0.05, 0.1) is 23.4 Å². The molecular weight excluding hydrogens is 553 g/mol. The molecule has 0 radical (unpaired) electrons. The second kappa shape index (κ2) is 11.0. The number of benzene rings is 4. The van der Waals surface area contributed by atoms with E-state index in [0.29, 0.717) is 28.5 Å².